The molecule has 2 aromatic rings. The van der Waals surface area contributed by atoms with Crippen LogP contribution in [0.15, 0.2) is 42.5 Å². The van der Waals surface area contributed by atoms with Crippen LogP contribution in [0.3, 0.4) is 0 Å². The Labute approximate surface area is 154 Å². The molecule has 0 saturated carbocycles. The number of fused-ring (bicyclic) bond motifs is 1. The summed E-state index contributed by atoms with van der Waals surface area (Å²) in [5.74, 6) is 0.374. The second-order valence-electron chi connectivity index (χ2n) is 6.66. The molecule has 0 saturated heterocycles. The van der Waals surface area contributed by atoms with Gasteiger partial charge in [0.1, 0.15) is 5.75 Å². The summed E-state index contributed by atoms with van der Waals surface area (Å²) in [6.45, 7) is 3.74. The fourth-order valence-electron chi connectivity index (χ4n) is 3.22. The van der Waals surface area contributed by atoms with Crippen molar-refractivity contribution in [3.05, 3.63) is 64.2 Å². The van der Waals surface area contributed by atoms with E-state index in [0.717, 1.165) is 12.0 Å². The fourth-order valence-corrected chi connectivity index (χ4v) is 3.40. The number of para-hydroxylation sites is 1. The van der Waals surface area contributed by atoms with E-state index in [1.165, 1.54) is 30.4 Å². The predicted molar refractivity (Wildman–Crippen MR) is 101 cm³/mol. The van der Waals surface area contributed by atoms with Crippen LogP contribution >= 0.6 is 11.6 Å². The molecular weight excluding hydrogens is 334 g/mol. The van der Waals surface area contributed by atoms with E-state index >= 15 is 0 Å². The van der Waals surface area contributed by atoms with Gasteiger partial charge in [-0.15, -0.1) is 0 Å². The van der Waals surface area contributed by atoms with Crippen molar-refractivity contribution in [2.24, 2.45) is 0 Å². The van der Waals surface area contributed by atoms with E-state index in [9.17, 15) is 4.79 Å². The van der Waals surface area contributed by atoms with E-state index in [2.05, 4.69) is 23.5 Å². The minimum absolute atomic E-state index is 0.0583. The molecule has 4 heteroatoms. The molecular formula is C21H24ClNO2. The van der Waals surface area contributed by atoms with Crippen LogP contribution in [0, 0.1) is 0 Å². The smallest absolute Gasteiger partial charge is 0.261 e. The normalized spacial score (nSPS) is 15.8. The van der Waals surface area contributed by atoms with Crippen molar-refractivity contribution in [3.63, 3.8) is 0 Å². The largest absolute Gasteiger partial charge is 0.479 e. The maximum Gasteiger partial charge on any atom is 0.261 e. The lowest BCUT2D eigenvalue weighted by atomic mass is 9.89. The number of halogens is 1. The molecule has 0 spiro atoms. The second kappa shape index (κ2) is 7.92. The molecule has 1 aliphatic carbocycles. The molecule has 2 aromatic carbocycles. The van der Waals surface area contributed by atoms with Crippen molar-refractivity contribution in [1.29, 1.82) is 0 Å². The SMILES string of the molecule is C[C@H](NC(=O)[C@@H](C)Oc1ccccc1Cl)c1ccc2c(c1)CCCC2. The van der Waals surface area contributed by atoms with Gasteiger partial charge < -0.3 is 10.1 Å². The molecule has 25 heavy (non-hydrogen) atoms. The topological polar surface area (TPSA) is 38.3 Å². The molecule has 1 amide bonds. The molecule has 1 N–H and O–H groups in total. The Kier molecular flexibility index (Phi) is 5.64. The van der Waals surface area contributed by atoms with Crippen LogP contribution in [0.25, 0.3) is 0 Å². The van der Waals surface area contributed by atoms with Gasteiger partial charge in [0.15, 0.2) is 6.10 Å². The monoisotopic (exact) mass is 357 g/mol. The predicted octanol–water partition coefficient (Wildman–Crippen LogP) is 4.86. The Balaban J connectivity index is 1.63. The van der Waals surface area contributed by atoms with Gasteiger partial charge in [-0.05, 0) is 68.4 Å². The minimum Gasteiger partial charge on any atom is -0.479 e. The van der Waals surface area contributed by atoms with E-state index in [4.69, 9.17) is 16.3 Å². The van der Waals surface area contributed by atoms with Crippen molar-refractivity contribution in [3.8, 4) is 5.75 Å². The van der Waals surface area contributed by atoms with Gasteiger partial charge in [-0.2, -0.15) is 0 Å². The standard InChI is InChI=1S/C21H24ClNO2/c1-14(17-12-11-16-7-3-4-8-18(16)13-17)23-21(24)15(2)25-20-10-6-5-9-19(20)22/h5-6,9-15H,3-4,7-8H2,1-2H3,(H,23,24)/t14-,15+/m0/s1. The van der Waals surface area contributed by atoms with E-state index < -0.39 is 6.10 Å². The van der Waals surface area contributed by atoms with Crippen molar-refractivity contribution in [1.82, 2.24) is 5.32 Å². The van der Waals surface area contributed by atoms with Gasteiger partial charge in [0.25, 0.3) is 5.91 Å². The van der Waals surface area contributed by atoms with Crippen molar-refractivity contribution in [2.75, 3.05) is 0 Å². The molecule has 0 bridgehead atoms. The summed E-state index contributed by atoms with van der Waals surface area (Å²) in [5.41, 5.74) is 4.01. The molecule has 0 heterocycles. The van der Waals surface area contributed by atoms with Crippen molar-refractivity contribution in [2.45, 2.75) is 51.7 Å². The highest BCUT2D eigenvalue weighted by molar-refractivity contribution is 6.32. The number of hydrogen-bond donors (Lipinski definition) is 1. The number of benzene rings is 2. The number of amides is 1. The quantitative estimate of drug-likeness (QED) is 0.829. The third-order valence-electron chi connectivity index (χ3n) is 4.74. The van der Waals surface area contributed by atoms with Crippen LogP contribution < -0.4 is 10.1 Å². The molecule has 0 radical (unpaired) electrons. The van der Waals surface area contributed by atoms with Crippen LogP contribution in [0.1, 0.15) is 49.4 Å². The van der Waals surface area contributed by atoms with Gasteiger partial charge in [0, 0.05) is 0 Å². The summed E-state index contributed by atoms with van der Waals surface area (Å²) in [7, 11) is 0. The second-order valence-corrected chi connectivity index (χ2v) is 7.06. The summed E-state index contributed by atoms with van der Waals surface area (Å²) < 4.78 is 5.69. The molecule has 0 unspecified atom stereocenters. The maximum atomic E-state index is 12.5. The Morgan fingerprint density at radius 2 is 1.80 bits per heavy atom. The lowest BCUT2D eigenvalue weighted by Gasteiger charge is -2.22. The third-order valence-corrected chi connectivity index (χ3v) is 5.05. The average Bonchev–Trinajstić information content (AvgIpc) is 2.63. The van der Waals surface area contributed by atoms with Crippen LogP contribution in [0.5, 0.6) is 5.75 Å². The first-order valence-electron chi connectivity index (χ1n) is 8.88. The lowest BCUT2D eigenvalue weighted by molar-refractivity contribution is -0.127. The zero-order valence-electron chi connectivity index (χ0n) is 14.7. The van der Waals surface area contributed by atoms with Gasteiger partial charge in [-0.1, -0.05) is 41.9 Å². The lowest BCUT2D eigenvalue weighted by Crippen LogP contribution is -2.37. The number of ether oxygens (including phenoxy) is 1. The highest BCUT2D eigenvalue weighted by atomic mass is 35.5. The van der Waals surface area contributed by atoms with Gasteiger partial charge in [-0.3, -0.25) is 4.79 Å². The fraction of sp³-hybridized carbons (Fsp3) is 0.381. The number of rotatable bonds is 5. The molecule has 0 fully saturated rings. The van der Waals surface area contributed by atoms with Crippen LogP contribution in [-0.2, 0) is 17.6 Å². The van der Waals surface area contributed by atoms with Crippen LogP contribution in [-0.4, -0.2) is 12.0 Å². The maximum absolute atomic E-state index is 12.5. The van der Waals surface area contributed by atoms with Crippen LogP contribution in [0.4, 0.5) is 0 Å². The van der Waals surface area contributed by atoms with E-state index in [0.29, 0.717) is 10.8 Å². The van der Waals surface area contributed by atoms with Gasteiger partial charge >= 0.3 is 0 Å². The van der Waals surface area contributed by atoms with E-state index in [1.807, 2.05) is 19.1 Å². The number of nitrogens with one attached hydrogen (secondary N) is 1. The first kappa shape index (κ1) is 17.8. The van der Waals surface area contributed by atoms with Crippen LogP contribution in [0.2, 0.25) is 5.02 Å². The number of aryl methyl sites for hydroxylation is 2. The molecule has 0 aromatic heterocycles. The van der Waals surface area contributed by atoms with Crippen molar-refractivity contribution >= 4 is 17.5 Å². The molecule has 3 rings (SSSR count). The third kappa shape index (κ3) is 4.35. The van der Waals surface area contributed by atoms with Gasteiger partial charge in [0.2, 0.25) is 0 Å². The number of carbonyl (C=O) groups excluding carboxylic acids is 1. The molecule has 1 aliphatic rings. The molecule has 132 valence electrons. The van der Waals surface area contributed by atoms with Crippen molar-refractivity contribution < 1.29 is 9.53 Å². The highest BCUT2D eigenvalue weighted by Gasteiger charge is 2.19. The van der Waals surface area contributed by atoms with E-state index in [1.54, 1.807) is 19.1 Å². The highest BCUT2D eigenvalue weighted by Crippen LogP contribution is 2.26. The summed E-state index contributed by atoms with van der Waals surface area (Å²) in [5, 5.41) is 3.54. The molecule has 0 aliphatic heterocycles. The Bertz CT molecular complexity index is 759. The summed E-state index contributed by atoms with van der Waals surface area (Å²) in [6.07, 6.45) is 4.21. The molecule has 3 nitrogen and oxygen atoms in total. The summed E-state index contributed by atoms with van der Waals surface area (Å²) in [6, 6.07) is 13.7. The summed E-state index contributed by atoms with van der Waals surface area (Å²) in [4.78, 5) is 12.5. The zero-order valence-corrected chi connectivity index (χ0v) is 15.5. The Morgan fingerprint density at radius 1 is 1.08 bits per heavy atom. The molecule has 2 atom stereocenters. The number of hydrogen-bond acceptors (Lipinski definition) is 2. The Hall–Kier alpha value is -2.00. The first-order valence-corrected chi connectivity index (χ1v) is 9.25. The van der Waals surface area contributed by atoms with E-state index in [-0.39, 0.29) is 11.9 Å². The Morgan fingerprint density at radius 3 is 2.56 bits per heavy atom. The average molecular weight is 358 g/mol. The first-order chi connectivity index (χ1) is 12.0. The summed E-state index contributed by atoms with van der Waals surface area (Å²) >= 11 is 6.09. The van der Waals surface area contributed by atoms with Gasteiger partial charge in [0.05, 0.1) is 11.1 Å². The number of carbonyl (C=O) groups is 1. The minimum atomic E-state index is -0.611. The van der Waals surface area contributed by atoms with Gasteiger partial charge in [-0.25, -0.2) is 0 Å². The zero-order chi connectivity index (χ0) is 17.8.